The fraction of sp³-hybridized carbons (Fsp3) is 0.474. The summed E-state index contributed by atoms with van der Waals surface area (Å²) in [6.07, 6.45) is 7.19. The minimum Gasteiger partial charge on any atom is -0.463 e. The Morgan fingerprint density at radius 1 is 0.913 bits per heavy atom. The molecule has 0 saturated heterocycles. The molecule has 0 aliphatic carbocycles. The highest BCUT2D eigenvalue weighted by Crippen LogP contribution is 2.08. The number of hydrogen-bond acceptors (Lipinski definition) is 4. The van der Waals surface area contributed by atoms with E-state index in [1.54, 1.807) is 12.1 Å². The van der Waals surface area contributed by atoms with Crippen molar-refractivity contribution in [1.82, 2.24) is 0 Å². The Kier molecular flexibility index (Phi) is 9.45. The highest BCUT2D eigenvalue weighted by molar-refractivity contribution is 5.89. The summed E-state index contributed by atoms with van der Waals surface area (Å²) in [5.41, 5.74) is 1.73. The first-order chi connectivity index (χ1) is 11.1. The van der Waals surface area contributed by atoms with Crippen LogP contribution in [0.25, 0.3) is 0 Å². The van der Waals surface area contributed by atoms with Gasteiger partial charge in [-0.05, 0) is 31.9 Å². The molecule has 4 heteroatoms. The molecule has 1 aromatic rings. The van der Waals surface area contributed by atoms with Crippen molar-refractivity contribution >= 4 is 11.9 Å². The normalized spacial score (nSPS) is 10.1. The Morgan fingerprint density at radius 3 is 2.00 bits per heavy atom. The maximum Gasteiger partial charge on any atom is 0.338 e. The van der Waals surface area contributed by atoms with E-state index in [1.807, 2.05) is 19.1 Å². The predicted molar refractivity (Wildman–Crippen MR) is 90.3 cm³/mol. The Morgan fingerprint density at radius 2 is 1.43 bits per heavy atom. The van der Waals surface area contributed by atoms with E-state index in [0.29, 0.717) is 18.8 Å². The van der Waals surface area contributed by atoms with Crippen LogP contribution in [0.4, 0.5) is 0 Å². The topological polar surface area (TPSA) is 52.6 Å². The number of rotatable bonds is 11. The van der Waals surface area contributed by atoms with Crippen LogP contribution in [-0.4, -0.2) is 25.2 Å². The average molecular weight is 318 g/mol. The molecular formula is C19H26O4. The van der Waals surface area contributed by atoms with Crippen LogP contribution in [-0.2, 0) is 14.3 Å². The molecule has 0 aliphatic heterocycles. The molecule has 1 rings (SSSR count). The molecule has 126 valence electrons. The van der Waals surface area contributed by atoms with Crippen molar-refractivity contribution in [3.63, 3.8) is 0 Å². The molecule has 0 amide bonds. The Labute approximate surface area is 138 Å². The van der Waals surface area contributed by atoms with Crippen LogP contribution in [0, 0.1) is 6.92 Å². The molecule has 0 N–H and O–H groups in total. The van der Waals surface area contributed by atoms with Gasteiger partial charge >= 0.3 is 11.9 Å². The number of carbonyl (C=O) groups is 2. The largest absolute Gasteiger partial charge is 0.463 e. The van der Waals surface area contributed by atoms with Crippen LogP contribution < -0.4 is 0 Å². The quantitative estimate of drug-likeness (QED) is 0.348. The summed E-state index contributed by atoms with van der Waals surface area (Å²) in [6, 6.07) is 7.39. The van der Waals surface area contributed by atoms with Gasteiger partial charge in [-0.3, -0.25) is 0 Å². The average Bonchev–Trinajstić information content (AvgIpc) is 2.56. The van der Waals surface area contributed by atoms with E-state index in [4.69, 9.17) is 9.47 Å². The fourth-order valence-electron chi connectivity index (χ4n) is 2.08. The lowest BCUT2D eigenvalue weighted by Gasteiger charge is -2.05. The summed E-state index contributed by atoms with van der Waals surface area (Å²) in [5.74, 6) is -0.616. The monoisotopic (exact) mass is 318 g/mol. The molecule has 23 heavy (non-hydrogen) atoms. The smallest absolute Gasteiger partial charge is 0.338 e. The maximum absolute atomic E-state index is 11.8. The standard InChI is InChI=1S/C19H26O4/c1-3-18(20)22-14-8-6-4-5-7-9-15-23-19(21)17-12-10-16(2)11-13-17/h3,10-13H,1,4-9,14-15H2,2H3. The molecule has 0 saturated carbocycles. The van der Waals surface area contributed by atoms with Gasteiger partial charge in [0.25, 0.3) is 0 Å². The zero-order valence-electron chi connectivity index (χ0n) is 13.9. The Hall–Kier alpha value is -2.10. The summed E-state index contributed by atoms with van der Waals surface area (Å²) >= 11 is 0. The molecule has 0 heterocycles. The number of aryl methyl sites for hydroxylation is 1. The highest BCUT2D eigenvalue weighted by atomic mass is 16.5. The number of esters is 2. The minimum atomic E-state index is -0.361. The van der Waals surface area contributed by atoms with Crippen LogP contribution in [0.5, 0.6) is 0 Å². The summed E-state index contributed by atoms with van der Waals surface area (Å²) in [7, 11) is 0. The number of unbranched alkanes of at least 4 members (excludes halogenated alkanes) is 5. The van der Waals surface area contributed by atoms with Gasteiger partial charge in [-0.25, -0.2) is 9.59 Å². The lowest BCUT2D eigenvalue weighted by molar-refractivity contribution is -0.137. The lowest BCUT2D eigenvalue weighted by Crippen LogP contribution is -2.06. The number of carbonyl (C=O) groups excluding carboxylic acids is 2. The molecule has 0 atom stereocenters. The Balaban J connectivity index is 1.95. The number of ether oxygens (including phenoxy) is 2. The van der Waals surface area contributed by atoms with Crippen molar-refractivity contribution < 1.29 is 19.1 Å². The van der Waals surface area contributed by atoms with Crippen molar-refractivity contribution in [2.75, 3.05) is 13.2 Å². The predicted octanol–water partition coefficient (Wildman–Crippen LogP) is 4.22. The van der Waals surface area contributed by atoms with E-state index >= 15 is 0 Å². The first-order valence-corrected chi connectivity index (χ1v) is 8.16. The third-order valence-electron chi connectivity index (χ3n) is 3.47. The second kappa shape index (κ2) is 11.5. The van der Waals surface area contributed by atoms with Gasteiger partial charge in [0.2, 0.25) is 0 Å². The van der Waals surface area contributed by atoms with Crippen LogP contribution in [0.2, 0.25) is 0 Å². The van der Waals surface area contributed by atoms with Crippen molar-refractivity contribution in [3.05, 3.63) is 48.0 Å². The van der Waals surface area contributed by atoms with Gasteiger partial charge in [0.05, 0.1) is 18.8 Å². The molecule has 0 bridgehead atoms. The first kappa shape index (κ1) is 18.9. The maximum atomic E-state index is 11.8. The van der Waals surface area contributed by atoms with E-state index in [0.717, 1.165) is 44.1 Å². The molecule has 0 fully saturated rings. The van der Waals surface area contributed by atoms with E-state index in [-0.39, 0.29) is 11.9 Å². The second-order valence-corrected chi connectivity index (χ2v) is 5.49. The van der Waals surface area contributed by atoms with Crippen molar-refractivity contribution in [2.45, 2.75) is 45.4 Å². The zero-order chi connectivity index (χ0) is 16.9. The van der Waals surface area contributed by atoms with Crippen LogP contribution >= 0.6 is 0 Å². The van der Waals surface area contributed by atoms with Crippen LogP contribution in [0.15, 0.2) is 36.9 Å². The molecule has 0 unspecified atom stereocenters. The molecule has 0 aliphatic rings. The van der Waals surface area contributed by atoms with Crippen molar-refractivity contribution in [2.24, 2.45) is 0 Å². The summed E-state index contributed by atoms with van der Waals surface area (Å²) < 4.78 is 10.1. The van der Waals surface area contributed by atoms with Gasteiger partial charge in [0, 0.05) is 6.08 Å². The number of hydrogen-bond donors (Lipinski definition) is 0. The van der Waals surface area contributed by atoms with Gasteiger partial charge in [-0.15, -0.1) is 0 Å². The van der Waals surface area contributed by atoms with Gasteiger partial charge in [0.15, 0.2) is 0 Å². The fourth-order valence-corrected chi connectivity index (χ4v) is 2.08. The number of benzene rings is 1. The first-order valence-electron chi connectivity index (χ1n) is 8.16. The van der Waals surface area contributed by atoms with E-state index in [9.17, 15) is 9.59 Å². The van der Waals surface area contributed by atoms with E-state index < -0.39 is 0 Å². The van der Waals surface area contributed by atoms with E-state index in [1.165, 1.54) is 6.08 Å². The second-order valence-electron chi connectivity index (χ2n) is 5.49. The van der Waals surface area contributed by atoms with Gasteiger partial charge < -0.3 is 9.47 Å². The van der Waals surface area contributed by atoms with Crippen molar-refractivity contribution in [1.29, 1.82) is 0 Å². The molecule has 1 aromatic carbocycles. The lowest BCUT2D eigenvalue weighted by atomic mass is 10.1. The highest BCUT2D eigenvalue weighted by Gasteiger charge is 2.05. The van der Waals surface area contributed by atoms with Crippen LogP contribution in [0.3, 0.4) is 0 Å². The molecule has 4 nitrogen and oxygen atoms in total. The van der Waals surface area contributed by atoms with Gasteiger partial charge in [-0.2, -0.15) is 0 Å². The van der Waals surface area contributed by atoms with Crippen molar-refractivity contribution in [3.8, 4) is 0 Å². The zero-order valence-corrected chi connectivity index (χ0v) is 13.9. The third-order valence-corrected chi connectivity index (χ3v) is 3.47. The van der Waals surface area contributed by atoms with E-state index in [2.05, 4.69) is 6.58 Å². The van der Waals surface area contributed by atoms with Crippen LogP contribution in [0.1, 0.15) is 54.4 Å². The third kappa shape index (κ3) is 8.81. The minimum absolute atomic E-state index is 0.256. The summed E-state index contributed by atoms with van der Waals surface area (Å²) in [4.78, 5) is 22.6. The Bertz CT molecular complexity index is 491. The SMILES string of the molecule is C=CC(=O)OCCCCCCCCOC(=O)c1ccc(C)cc1. The van der Waals surface area contributed by atoms with Gasteiger partial charge in [-0.1, -0.05) is 50.0 Å². The van der Waals surface area contributed by atoms with Gasteiger partial charge in [0.1, 0.15) is 0 Å². The molecule has 0 aromatic heterocycles. The summed E-state index contributed by atoms with van der Waals surface area (Å²) in [6.45, 7) is 6.25. The summed E-state index contributed by atoms with van der Waals surface area (Å²) in [5, 5.41) is 0. The molecule has 0 radical (unpaired) electrons. The molecule has 0 spiro atoms. The molecular weight excluding hydrogens is 292 g/mol.